The fourth-order valence-corrected chi connectivity index (χ4v) is 3.10. The van der Waals surface area contributed by atoms with E-state index in [1.54, 1.807) is 0 Å². The van der Waals surface area contributed by atoms with E-state index < -0.39 is 17.8 Å². The summed E-state index contributed by atoms with van der Waals surface area (Å²) >= 11 is 0. The van der Waals surface area contributed by atoms with Crippen LogP contribution in [0.3, 0.4) is 0 Å². The maximum absolute atomic E-state index is 13.0. The molecule has 1 aromatic carbocycles. The average molecular weight is 344 g/mol. The minimum atomic E-state index is -4.51. The lowest BCUT2D eigenvalue weighted by molar-refractivity contribution is -0.136. The molecule has 0 aliphatic carbocycles. The van der Waals surface area contributed by atoms with E-state index in [0.29, 0.717) is 26.3 Å². The van der Waals surface area contributed by atoms with Crippen LogP contribution < -0.4 is 5.32 Å². The molecule has 24 heavy (non-hydrogen) atoms. The highest BCUT2D eigenvalue weighted by atomic mass is 19.4. The third-order valence-corrected chi connectivity index (χ3v) is 4.25. The van der Waals surface area contributed by atoms with Crippen LogP contribution in [0.25, 0.3) is 0 Å². The Balaban J connectivity index is 1.67. The van der Waals surface area contributed by atoms with Crippen LogP contribution in [0.4, 0.5) is 23.7 Å². The highest BCUT2D eigenvalue weighted by Gasteiger charge is 2.35. The van der Waals surface area contributed by atoms with Gasteiger partial charge in [-0.3, -0.25) is 0 Å². The number of rotatable bonds is 2. The van der Waals surface area contributed by atoms with Crippen molar-refractivity contribution in [1.29, 1.82) is 0 Å². The van der Waals surface area contributed by atoms with E-state index in [2.05, 4.69) is 5.32 Å². The maximum atomic E-state index is 13.0. The number of likely N-dealkylation sites (tertiary alicyclic amines) is 1. The van der Waals surface area contributed by atoms with Gasteiger partial charge in [-0.05, 0) is 25.0 Å². The van der Waals surface area contributed by atoms with Gasteiger partial charge < -0.3 is 19.7 Å². The number of benzene rings is 1. The van der Waals surface area contributed by atoms with Crippen LogP contribution in [0.1, 0.15) is 18.4 Å². The third kappa shape index (κ3) is 3.81. The number of halogens is 3. The molecule has 0 saturated carbocycles. The molecule has 1 unspecified atom stereocenters. The van der Waals surface area contributed by atoms with E-state index in [0.717, 1.165) is 18.9 Å². The van der Waals surface area contributed by atoms with Gasteiger partial charge in [0, 0.05) is 19.0 Å². The van der Waals surface area contributed by atoms with Crippen molar-refractivity contribution in [2.45, 2.75) is 25.3 Å². The number of para-hydroxylation sites is 1. The molecule has 0 radical (unpaired) electrons. The van der Waals surface area contributed by atoms with Gasteiger partial charge in [0.15, 0.2) is 6.29 Å². The molecular weight excluding hydrogens is 325 g/mol. The highest BCUT2D eigenvalue weighted by Crippen LogP contribution is 2.35. The number of carbonyl (C=O) groups is 1. The predicted molar refractivity (Wildman–Crippen MR) is 80.5 cm³/mol. The van der Waals surface area contributed by atoms with Crippen molar-refractivity contribution in [2.75, 3.05) is 31.6 Å². The fraction of sp³-hybridized carbons (Fsp3) is 0.562. The first-order chi connectivity index (χ1) is 11.4. The second-order valence-electron chi connectivity index (χ2n) is 5.93. The second kappa shape index (κ2) is 6.98. The molecule has 0 spiro atoms. The first kappa shape index (κ1) is 17.0. The van der Waals surface area contributed by atoms with Crippen molar-refractivity contribution in [3.05, 3.63) is 29.8 Å². The summed E-state index contributed by atoms with van der Waals surface area (Å²) in [5.74, 6) is 0.0462. The number of nitrogens with zero attached hydrogens (tertiary/aromatic N) is 1. The summed E-state index contributed by atoms with van der Waals surface area (Å²) in [7, 11) is 0. The third-order valence-electron chi connectivity index (χ3n) is 4.25. The van der Waals surface area contributed by atoms with Crippen molar-refractivity contribution >= 4 is 11.7 Å². The van der Waals surface area contributed by atoms with Gasteiger partial charge in [-0.2, -0.15) is 13.2 Å². The Morgan fingerprint density at radius 3 is 2.62 bits per heavy atom. The summed E-state index contributed by atoms with van der Waals surface area (Å²) in [4.78, 5) is 13.9. The highest BCUT2D eigenvalue weighted by molar-refractivity contribution is 5.90. The maximum Gasteiger partial charge on any atom is 0.418 e. The SMILES string of the molecule is O=C(Nc1ccccc1C(F)(F)F)N1CCCC(C2OCCO2)C1. The summed E-state index contributed by atoms with van der Waals surface area (Å²) in [6, 6.07) is 4.43. The van der Waals surface area contributed by atoms with Gasteiger partial charge in [0.25, 0.3) is 0 Å². The van der Waals surface area contributed by atoms with Crippen LogP contribution in [0.5, 0.6) is 0 Å². The molecule has 5 nitrogen and oxygen atoms in total. The zero-order valence-corrected chi connectivity index (χ0v) is 13.0. The molecule has 2 heterocycles. The summed E-state index contributed by atoms with van der Waals surface area (Å²) < 4.78 is 50.0. The first-order valence-electron chi connectivity index (χ1n) is 7.90. The lowest BCUT2D eigenvalue weighted by Gasteiger charge is -2.34. The number of anilines is 1. The molecule has 2 amide bonds. The van der Waals surface area contributed by atoms with Crippen molar-refractivity contribution < 1.29 is 27.4 Å². The van der Waals surface area contributed by atoms with Gasteiger partial charge in [0.05, 0.1) is 24.5 Å². The van der Waals surface area contributed by atoms with Crippen LogP contribution in [-0.4, -0.2) is 43.5 Å². The van der Waals surface area contributed by atoms with E-state index in [9.17, 15) is 18.0 Å². The zero-order valence-electron chi connectivity index (χ0n) is 13.0. The molecule has 0 bridgehead atoms. The number of ether oxygens (including phenoxy) is 2. The van der Waals surface area contributed by atoms with Crippen LogP contribution in [0.2, 0.25) is 0 Å². The molecule has 2 aliphatic heterocycles. The summed E-state index contributed by atoms with van der Waals surface area (Å²) in [5.41, 5.74) is -1.08. The Bertz CT molecular complexity index is 588. The van der Waals surface area contributed by atoms with Crippen molar-refractivity contribution in [2.24, 2.45) is 5.92 Å². The van der Waals surface area contributed by atoms with Gasteiger partial charge in [0.2, 0.25) is 0 Å². The van der Waals surface area contributed by atoms with Crippen LogP contribution in [0, 0.1) is 5.92 Å². The van der Waals surface area contributed by atoms with E-state index in [1.165, 1.54) is 23.1 Å². The van der Waals surface area contributed by atoms with E-state index in [4.69, 9.17) is 9.47 Å². The molecule has 2 saturated heterocycles. The molecule has 1 N–H and O–H groups in total. The number of urea groups is 1. The quantitative estimate of drug-likeness (QED) is 0.895. The van der Waals surface area contributed by atoms with Crippen LogP contribution >= 0.6 is 0 Å². The number of hydrogen-bond acceptors (Lipinski definition) is 3. The summed E-state index contributed by atoms with van der Waals surface area (Å²) in [5, 5.41) is 2.38. The minimum Gasteiger partial charge on any atom is -0.350 e. The molecule has 132 valence electrons. The molecule has 2 fully saturated rings. The number of carbonyl (C=O) groups excluding carboxylic acids is 1. The van der Waals surface area contributed by atoms with Gasteiger partial charge in [-0.15, -0.1) is 0 Å². The molecule has 1 aromatic rings. The van der Waals surface area contributed by atoms with Crippen molar-refractivity contribution in [3.63, 3.8) is 0 Å². The molecule has 1 atom stereocenters. The average Bonchev–Trinajstić information content (AvgIpc) is 3.09. The van der Waals surface area contributed by atoms with Crippen molar-refractivity contribution in [3.8, 4) is 0 Å². The topological polar surface area (TPSA) is 50.8 Å². The number of piperidine rings is 1. The molecule has 0 aromatic heterocycles. The Labute approximate surface area is 137 Å². The standard InChI is InChI=1S/C16H19F3N2O3/c17-16(18,19)12-5-1-2-6-13(12)20-15(22)21-7-3-4-11(10-21)14-23-8-9-24-14/h1-2,5-6,11,14H,3-4,7-10H2,(H,20,22). The predicted octanol–water partition coefficient (Wildman–Crippen LogP) is 3.32. The minimum absolute atomic E-state index is 0.0462. The monoisotopic (exact) mass is 344 g/mol. The van der Waals surface area contributed by atoms with Crippen LogP contribution in [0.15, 0.2) is 24.3 Å². The summed E-state index contributed by atoms with van der Waals surface area (Å²) in [6.07, 6.45) is -3.21. The smallest absolute Gasteiger partial charge is 0.350 e. The second-order valence-corrected chi connectivity index (χ2v) is 5.93. The number of nitrogens with one attached hydrogen (secondary N) is 1. The summed E-state index contributed by atoms with van der Waals surface area (Å²) in [6.45, 7) is 1.98. The molecular formula is C16H19F3N2O3. The van der Waals surface area contributed by atoms with E-state index in [1.807, 2.05) is 0 Å². The Morgan fingerprint density at radius 2 is 1.92 bits per heavy atom. The lowest BCUT2D eigenvalue weighted by Crippen LogP contribution is -2.45. The number of alkyl halides is 3. The lowest BCUT2D eigenvalue weighted by atomic mass is 9.97. The largest absolute Gasteiger partial charge is 0.418 e. The van der Waals surface area contributed by atoms with E-state index >= 15 is 0 Å². The Hall–Kier alpha value is -1.80. The normalized spacial score (nSPS) is 22.6. The Morgan fingerprint density at radius 1 is 1.21 bits per heavy atom. The zero-order chi connectivity index (χ0) is 17.2. The van der Waals surface area contributed by atoms with Gasteiger partial charge in [0.1, 0.15) is 0 Å². The van der Waals surface area contributed by atoms with Gasteiger partial charge in [-0.1, -0.05) is 12.1 Å². The first-order valence-corrected chi connectivity index (χ1v) is 7.90. The van der Waals surface area contributed by atoms with Crippen LogP contribution in [-0.2, 0) is 15.7 Å². The molecule has 3 rings (SSSR count). The molecule has 2 aliphatic rings. The van der Waals surface area contributed by atoms with Gasteiger partial charge >= 0.3 is 12.2 Å². The fourth-order valence-electron chi connectivity index (χ4n) is 3.10. The van der Waals surface area contributed by atoms with Gasteiger partial charge in [-0.25, -0.2) is 4.79 Å². The Kier molecular flexibility index (Phi) is 4.96. The van der Waals surface area contributed by atoms with Crippen molar-refractivity contribution in [1.82, 2.24) is 4.90 Å². The number of hydrogen-bond donors (Lipinski definition) is 1. The van der Waals surface area contributed by atoms with E-state index in [-0.39, 0.29) is 17.9 Å². The number of amides is 2. The molecule has 8 heteroatoms.